The van der Waals surface area contributed by atoms with Crippen molar-refractivity contribution in [3.63, 3.8) is 0 Å². The van der Waals surface area contributed by atoms with Gasteiger partial charge in [0.05, 0.1) is 26.4 Å². The number of hydrogen-bond donors (Lipinski definition) is 3. The van der Waals surface area contributed by atoms with Gasteiger partial charge in [-0.3, -0.25) is 37.3 Å². The van der Waals surface area contributed by atoms with Gasteiger partial charge in [-0.05, 0) is 173 Å². The van der Waals surface area contributed by atoms with Crippen LogP contribution in [-0.2, 0) is 65.4 Å². The second-order valence-corrected chi connectivity index (χ2v) is 30.2. The number of aliphatic hydroxyl groups excluding tert-OH is 1. The van der Waals surface area contributed by atoms with Crippen molar-refractivity contribution in [2.24, 2.45) is 0 Å². The Balaban J connectivity index is 5.57. The Kier molecular flexibility index (Phi) is 77.9. The zero-order valence-corrected chi connectivity index (χ0v) is 71.0. The molecule has 0 aliphatic heterocycles. The van der Waals surface area contributed by atoms with Gasteiger partial charge in [0.2, 0.25) is 0 Å². The Morgan fingerprint density at radius 1 is 0.259 bits per heavy atom. The van der Waals surface area contributed by atoms with Gasteiger partial charge in [-0.15, -0.1) is 0 Å². The first kappa shape index (κ1) is 106. The molecule has 0 aliphatic carbocycles. The van der Waals surface area contributed by atoms with Gasteiger partial charge in [0.1, 0.15) is 19.3 Å². The van der Waals surface area contributed by atoms with Crippen LogP contribution in [0.3, 0.4) is 0 Å². The highest BCUT2D eigenvalue weighted by Crippen LogP contribution is 2.45. The highest BCUT2D eigenvalue weighted by molar-refractivity contribution is 7.47. The molecule has 0 rings (SSSR count). The summed E-state index contributed by atoms with van der Waals surface area (Å²) in [6, 6.07) is 0. The Morgan fingerprint density at radius 2 is 0.482 bits per heavy atom. The molecule has 0 aromatic heterocycles. The molecule has 632 valence electrons. The van der Waals surface area contributed by atoms with Crippen LogP contribution >= 0.6 is 15.6 Å². The molecule has 0 bridgehead atoms. The molecule has 0 heterocycles. The fourth-order valence-electron chi connectivity index (χ4n) is 10.4. The number of allylic oxidation sites excluding steroid dienone is 34. The molecule has 0 aliphatic rings. The van der Waals surface area contributed by atoms with Crippen LogP contribution in [0, 0.1) is 0 Å². The Labute approximate surface area is 678 Å². The second kappa shape index (κ2) is 82.6. The van der Waals surface area contributed by atoms with Gasteiger partial charge < -0.3 is 33.8 Å². The molecule has 0 fully saturated rings. The van der Waals surface area contributed by atoms with E-state index in [1.807, 2.05) is 36.5 Å². The van der Waals surface area contributed by atoms with Gasteiger partial charge in [-0.25, -0.2) is 9.13 Å². The smallest absolute Gasteiger partial charge is 0.462 e. The minimum absolute atomic E-state index is 0.0281. The van der Waals surface area contributed by atoms with Crippen LogP contribution in [0.5, 0.6) is 0 Å². The summed E-state index contributed by atoms with van der Waals surface area (Å²) in [7, 11) is -10.0. The molecule has 0 spiro atoms. The third-order valence-corrected chi connectivity index (χ3v) is 18.6. The summed E-state index contributed by atoms with van der Waals surface area (Å²) in [5.41, 5.74) is 0. The van der Waals surface area contributed by atoms with E-state index in [0.29, 0.717) is 38.5 Å². The van der Waals surface area contributed by atoms with E-state index in [9.17, 15) is 43.2 Å². The quantitative estimate of drug-likeness (QED) is 0.0169. The molecule has 0 saturated carbocycles. The number of carbonyl (C=O) groups is 4. The summed E-state index contributed by atoms with van der Waals surface area (Å²) in [5, 5.41) is 10.7. The molecule has 0 saturated heterocycles. The number of phosphoric ester groups is 2. The van der Waals surface area contributed by atoms with Gasteiger partial charge >= 0.3 is 39.5 Å². The summed E-state index contributed by atoms with van der Waals surface area (Å²) in [6.45, 7) is 4.38. The largest absolute Gasteiger partial charge is 0.472 e. The predicted molar refractivity (Wildman–Crippen MR) is 463 cm³/mol. The molecular formula is C93H148O17P2. The van der Waals surface area contributed by atoms with Gasteiger partial charge in [0.15, 0.2) is 12.2 Å². The van der Waals surface area contributed by atoms with E-state index in [4.69, 9.17) is 37.0 Å². The van der Waals surface area contributed by atoms with Gasteiger partial charge in [0.25, 0.3) is 0 Å². The summed E-state index contributed by atoms with van der Waals surface area (Å²) in [5.74, 6) is -2.43. The van der Waals surface area contributed by atoms with Crippen molar-refractivity contribution in [3.05, 3.63) is 207 Å². The number of hydrogen-bond acceptors (Lipinski definition) is 15. The molecule has 2 unspecified atom stereocenters. The van der Waals surface area contributed by atoms with Crippen LogP contribution in [0.15, 0.2) is 207 Å². The first-order valence-electron chi connectivity index (χ1n) is 42.3. The maximum absolute atomic E-state index is 13.1. The number of ether oxygens (including phenoxy) is 4. The van der Waals surface area contributed by atoms with Crippen molar-refractivity contribution in [3.8, 4) is 0 Å². The molecule has 17 nitrogen and oxygen atoms in total. The number of carbonyl (C=O) groups excluding carboxylic acids is 4. The first-order chi connectivity index (χ1) is 54.7. The predicted octanol–water partition coefficient (Wildman–Crippen LogP) is 25.4. The zero-order valence-electron chi connectivity index (χ0n) is 69.3. The average molecular weight is 1600 g/mol. The summed E-state index contributed by atoms with van der Waals surface area (Å²) in [6.07, 6.45) is 104. The van der Waals surface area contributed by atoms with Gasteiger partial charge in [-0.1, -0.05) is 305 Å². The van der Waals surface area contributed by atoms with E-state index in [1.54, 1.807) is 0 Å². The van der Waals surface area contributed by atoms with Gasteiger partial charge in [-0.2, -0.15) is 0 Å². The minimum atomic E-state index is -5.03. The topological polar surface area (TPSA) is 237 Å². The highest BCUT2D eigenvalue weighted by Gasteiger charge is 2.30. The van der Waals surface area contributed by atoms with Crippen LogP contribution in [-0.4, -0.2) is 96.7 Å². The van der Waals surface area contributed by atoms with E-state index in [2.05, 4.69) is 198 Å². The monoisotopic (exact) mass is 1600 g/mol. The maximum atomic E-state index is 13.1. The summed E-state index contributed by atoms with van der Waals surface area (Å²) >= 11 is 0. The lowest BCUT2D eigenvalue weighted by molar-refractivity contribution is -0.161. The van der Waals surface area contributed by atoms with Crippen molar-refractivity contribution in [2.75, 3.05) is 39.6 Å². The number of aliphatic hydroxyl groups is 1. The lowest BCUT2D eigenvalue weighted by Gasteiger charge is -2.21. The van der Waals surface area contributed by atoms with E-state index >= 15 is 0 Å². The second-order valence-electron chi connectivity index (χ2n) is 27.3. The van der Waals surface area contributed by atoms with Crippen LogP contribution in [0.2, 0.25) is 0 Å². The van der Waals surface area contributed by atoms with E-state index in [1.165, 1.54) is 44.9 Å². The fraction of sp³-hybridized carbons (Fsp3) is 0.591. The van der Waals surface area contributed by atoms with Crippen molar-refractivity contribution in [1.82, 2.24) is 0 Å². The molecule has 5 atom stereocenters. The lowest BCUT2D eigenvalue weighted by atomic mass is 10.1. The van der Waals surface area contributed by atoms with Crippen LogP contribution in [0.25, 0.3) is 0 Å². The SMILES string of the molecule is CC/C=C\C/C=C\C/C=C\C/C=C\C/C=C\C/C=C\CCC(=O)O[C@H](COC(=O)CCCCC/C=C\C/C=C\C/C=C\C/C=C\C/C=C\CC)COP(=O)(O)OC[C@@H](O)COP(=O)(O)OC[C@@H](COC(=O)CC/C=C\C/C=C\C/C=C\C/C=C\C/C=C\CCCCC)OC(=O)CCCCCCCCC/C=C\CCCCCC. The number of phosphoric acid groups is 2. The maximum Gasteiger partial charge on any atom is 0.472 e. The summed E-state index contributed by atoms with van der Waals surface area (Å²) < 4.78 is 68.6. The Hall–Kier alpha value is -6.36. The normalized spacial score (nSPS) is 14.8. The Bertz CT molecular complexity index is 2940. The molecule has 0 radical (unpaired) electrons. The lowest BCUT2D eigenvalue weighted by Crippen LogP contribution is -2.30. The standard InChI is InChI=1S/C93H148O17P2/c1-5-9-13-17-21-25-29-33-37-40-43-46-50-53-57-61-65-69-73-77-90(95)103-83-88(109-92(97)79-75-71-67-63-59-55-49-36-32-28-24-20-16-12-8-4)85-107-111(99,100)105-81-87(94)82-106-112(101,102)108-86-89(110-93(98)80-76-72-68-64-60-56-52-48-45-42-39-35-31-27-23-19-15-11-7-3)84-104-91(96)78-74-70-66-62-58-54-51-47-44-41-38-34-30-26-22-18-14-10-6-2/h10-11,14-15,21-23,25-28,32-35,37-39,43-48,53-54,56-58,60,65,68-69,72,87-89,94H,5-9,12-13,16-20,24,29-31,36,40-42,49-52,55,59,61-64,66-67,70-71,73-86H2,1-4H3,(H,99,100)(H,101,102)/b14-10-,15-11-,25-21-,26-22-,27-23-,32-28-,37-33-,38-34-,39-35-,46-43-,47-44-,48-45-,57-53-,58-54-,60-56-,69-65-,72-68-/t87-,88+,89+/m0/s1. The van der Waals surface area contributed by atoms with E-state index < -0.39 is 97.5 Å². The number of rotatable bonds is 77. The van der Waals surface area contributed by atoms with E-state index in [0.717, 1.165) is 161 Å². The number of esters is 4. The molecule has 19 heteroatoms. The molecule has 0 aromatic rings. The molecule has 3 N–H and O–H groups in total. The third-order valence-electron chi connectivity index (χ3n) is 16.7. The van der Waals surface area contributed by atoms with Gasteiger partial charge in [0, 0.05) is 25.7 Å². The van der Waals surface area contributed by atoms with Crippen LogP contribution in [0.1, 0.15) is 297 Å². The average Bonchev–Trinajstić information content (AvgIpc) is 0.897. The minimum Gasteiger partial charge on any atom is -0.462 e. The van der Waals surface area contributed by atoms with Crippen molar-refractivity contribution in [1.29, 1.82) is 0 Å². The van der Waals surface area contributed by atoms with Crippen molar-refractivity contribution in [2.45, 2.75) is 316 Å². The zero-order chi connectivity index (χ0) is 81.7. The van der Waals surface area contributed by atoms with Crippen molar-refractivity contribution >= 4 is 39.5 Å². The number of unbranched alkanes of at least 4 members (excludes halogenated alkanes) is 17. The molecule has 112 heavy (non-hydrogen) atoms. The molecule has 0 aromatic carbocycles. The van der Waals surface area contributed by atoms with E-state index in [-0.39, 0.29) is 25.7 Å². The van der Waals surface area contributed by atoms with Crippen LogP contribution in [0.4, 0.5) is 0 Å². The van der Waals surface area contributed by atoms with Crippen molar-refractivity contribution < 1.29 is 80.2 Å². The Morgan fingerprint density at radius 3 is 0.821 bits per heavy atom. The third kappa shape index (κ3) is 81.6. The molecule has 0 amide bonds. The van der Waals surface area contributed by atoms with Crippen LogP contribution < -0.4 is 0 Å². The first-order valence-corrected chi connectivity index (χ1v) is 45.3. The fourth-order valence-corrected chi connectivity index (χ4v) is 11.9. The highest BCUT2D eigenvalue weighted by atomic mass is 31.2. The summed E-state index contributed by atoms with van der Waals surface area (Å²) in [4.78, 5) is 73.2. The molecular weight excluding hydrogens is 1450 g/mol.